The van der Waals surface area contributed by atoms with E-state index in [4.69, 9.17) is 5.11 Å². The summed E-state index contributed by atoms with van der Waals surface area (Å²) in [6.07, 6.45) is 2.18. The summed E-state index contributed by atoms with van der Waals surface area (Å²) in [5.41, 5.74) is 0. The van der Waals surface area contributed by atoms with Gasteiger partial charge in [0.15, 0.2) is 0 Å². The van der Waals surface area contributed by atoms with Crippen molar-refractivity contribution in [2.45, 2.75) is 38.8 Å². The molecule has 0 radical (unpaired) electrons. The van der Waals surface area contributed by atoms with Crippen LogP contribution in [0.4, 0.5) is 0 Å². The van der Waals surface area contributed by atoms with Crippen LogP contribution in [0, 0.1) is 5.92 Å². The van der Waals surface area contributed by atoms with E-state index in [1.54, 1.807) is 0 Å². The largest absolute Gasteiger partial charge is 0.396 e. The monoisotopic (exact) mass is 203 g/mol. The van der Waals surface area contributed by atoms with Gasteiger partial charge in [-0.05, 0) is 24.5 Å². The molecule has 3 heteroatoms. The normalized spacial score (nSPS) is 25.4. The van der Waals surface area contributed by atoms with Crippen molar-refractivity contribution in [1.82, 2.24) is 5.32 Å². The van der Waals surface area contributed by atoms with Crippen molar-refractivity contribution in [3.05, 3.63) is 0 Å². The lowest BCUT2D eigenvalue weighted by Gasteiger charge is -2.25. The Balaban J connectivity index is 2.27. The number of hydrogen-bond donors (Lipinski definition) is 2. The maximum Gasteiger partial charge on any atom is 0.0445 e. The molecule has 0 aliphatic carbocycles. The molecule has 0 spiro atoms. The van der Waals surface area contributed by atoms with Gasteiger partial charge in [0.1, 0.15) is 0 Å². The van der Waals surface area contributed by atoms with Gasteiger partial charge in [-0.15, -0.1) is 0 Å². The highest BCUT2D eigenvalue weighted by atomic mass is 32.2. The van der Waals surface area contributed by atoms with Gasteiger partial charge in [-0.1, -0.05) is 13.8 Å². The summed E-state index contributed by atoms with van der Waals surface area (Å²) >= 11 is 2.03. The highest BCUT2D eigenvalue weighted by molar-refractivity contribution is 7.99. The number of nitrogens with one attached hydrogen (secondary N) is 1. The third-order valence-corrected chi connectivity index (χ3v) is 3.79. The highest BCUT2D eigenvalue weighted by Gasteiger charge is 2.20. The lowest BCUT2D eigenvalue weighted by Crippen LogP contribution is -2.42. The standard InChI is InChI=1S/C10H21NOS/c1-8(2)10(3-5-12)11-9-4-6-13-7-9/h8-12H,3-7H2,1-2H3. The second-order valence-electron chi connectivity index (χ2n) is 4.09. The number of thioether (sulfide) groups is 1. The minimum atomic E-state index is 0.301. The first-order chi connectivity index (χ1) is 6.24. The molecule has 0 saturated carbocycles. The molecule has 0 bridgehead atoms. The Labute approximate surface area is 85.5 Å². The second-order valence-corrected chi connectivity index (χ2v) is 5.24. The molecule has 0 aromatic rings. The fourth-order valence-electron chi connectivity index (χ4n) is 1.72. The van der Waals surface area contributed by atoms with Gasteiger partial charge < -0.3 is 10.4 Å². The van der Waals surface area contributed by atoms with Gasteiger partial charge in [-0.2, -0.15) is 11.8 Å². The Morgan fingerprint density at radius 3 is 2.77 bits per heavy atom. The first-order valence-corrected chi connectivity index (χ1v) is 6.34. The van der Waals surface area contributed by atoms with Gasteiger partial charge in [0.25, 0.3) is 0 Å². The van der Waals surface area contributed by atoms with Crippen LogP contribution in [0.25, 0.3) is 0 Å². The summed E-state index contributed by atoms with van der Waals surface area (Å²) in [5, 5.41) is 12.5. The summed E-state index contributed by atoms with van der Waals surface area (Å²) in [6, 6.07) is 1.18. The van der Waals surface area contributed by atoms with Crippen molar-refractivity contribution >= 4 is 11.8 Å². The molecule has 0 aromatic carbocycles. The summed E-state index contributed by atoms with van der Waals surface area (Å²) in [5.74, 6) is 3.16. The summed E-state index contributed by atoms with van der Waals surface area (Å²) in [4.78, 5) is 0. The van der Waals surface area contributed by atoms with E-state index in [1.807, 2.05) is 11.8 Å². The average molecular weight is 203 g/mol. The Kier molecular flexibility index (Phi) is 5.14. The molecule has 2 atom stereocenters. The lowest BCUT2D eigenvalue weighted by atomic mass is 10.00. The predicted molar refractivity (Wildman–Crippen MR) is 59.2 cm³/mol. The molecule has 2 nitrogen and oxygen atoms in total. The van der Waals surface area contributed by atoms with Crippen molar-refractivity contribution in [3.63, 3.8) is 0 Å². The first-order valence-electron chi connectivity index (χ1n) is 5.18. The van der Waals surface area contributed by atoms with Crippen LogP contribution in [0.3, 0.4) is 0 Å². The van der Waals surface area contributed by atoms with Gasteiger partial charge in [-0.3, -0.25) is 0 Å². The second kappa shape index (κ2) is 5.89. The van der Waals surface area contributed by atoms with Crippen LogP contribution >= 0.6 is 11.8 Å². The molecule has 1 heterocycles. The van der Waals surface area contributed by atoms with Crippen LogP contribution in [0.1, 0.15) is 26.7 Å². The molecule has 1 rings (SSSR count). The molecular formula is C10H21NOS. The lowest BCUT2D eigenvalue weighted by molar-refractivity contribution is 0.237. The summed E-state index contributed by atoms with van der Waals surface area (Å²) in [6.45, 7) is 4.74. The Morgan fingerprint density at radius 2 is 2.31 bits per heavy atom. The fourth-order valence-corrected chi connectivity index (χ4v) is 2.88. The highest BCUT2D eigenvalue weighted by Crippen LogP contribution is 2.19. The van der Waals surface area contributed by atoms with Gasteiger partial charge in [-0.25, -0.2) is 0 Å². The molecule has 1 saturated heterocycles. The SMILES string of the molecule is CC(C)C(CCO)NC1CCSC1. The van der Waals surface area contributed by atoms with Crippen molar-refractivity contribution in [2.75, 3.05) is 18.1 Å². The van der Waals surface area contributed by atoms with E-state index in [0.717, 1.165) is 6.42 Å². The molecule has 2 N–H and O–H groups in total. The Hall–Kier alpha value is 0.270. The van der Waals surface area contributed by atoms with Crippen molar-refractivity contribution < 1.29 is 5.11 Å². The zero-order valence-corrected chi connectivity index (χ0v) is 9.44. The maximum absolute atomic E-state index is 8.91. The van der Waals surface area contributed by atoms with E-state index in [0.29, 0.717) is 24.6 Å². The Bertz CT molecular complexity index is 135. The quantitative estimate of drug-likeness (QED) is 0.710. The number of rotatable bonds is 5. The number of aliphatic hydroxyl groups is 1. The molecule has 78 valence electrons. The molecule has 1 aliphatic heterocycles. The third kappa shape index (κ3) is 3.88. The van der Waals surface area contributed by atoms with E-state index < -0.39 is 0 Å². The van der Waals surface area contributed by atoms with Crippen LogP contribution in [0.5, 0.6) is 0 Å². The summed E-state index contributed by atoms with van der Waals surface area (Å²) < 4.78 is 0. The molecule has 2 unspecified atom stereocenters. The van der Waals surface area contributed by atoms with Crippen LogP contribution in [-0.4, -0.2) is 35.3 Å². The van der Waals surface area contributed by atoms with E-state index in [1.165, 1.54) is 17.9 Å². The zero-order valence-electron chi connectivity index (χ0n) is 8.62. The van der Waals surface area contributed by atoms with Crippen LogP contribution in [0.2, 0.25) is 0 Å². The van der Waals surface area contributed by atoms with Crippen LogP contribution in [0.15, 0.2) is 0 Å². The van der Waals surface area contributed by atoms with Gasteiger partial charge in [0.05, 0.1) is 0 Å². The van der Waals surface area contributed by atoms with E-state index >= 15 is 0 Å². The van der Waals surface area contributed by atoms with Crippen molar-refractivity contribution in [2.24, 2.45) is 5.92 Å². The topological polar surface area (TPSA) is 32.3 Å². The number of hydrogen-bond acceptors (Lipinski definition) is 3. The van der Waals surface area contributed by atoms with Crippen molar-refractivity contribution in [3.8, 4) is 0 Å². The maximum atomic E-state index is 8.91. The van der Waals surface area contributed by atoms with Crippen LogP contribution in [-0.2, 0) is 0 Å². The zero-order chi connectivity index (χ0) is 9.68. The summed E-state index contributed by atoms with van der Waals surface area (Å²) in [7, 11) is 0. The number of aliphatic hydroxyl groups excluding tert-OH is 1. The van der Waals surface area contributed by atoms with Gasteiger partial charge in [0, 0.05) is 24.4 Å². The molecule has 13 heavy (non-hydrogen) atoms. The van der Waals surface area contributed by atoms with Gasteiger partial charge in [0.2, 0.25) is 0 Å². The van der Waals surface area contributed by atoms with E-state index in [2.05, 4.69) is 19.2 Å². The van der Waals surface area contributed by atoms with E-state index in [9.17, 15) is 0 Å². The van der Waals surface area contributed by atoms with Crippen molar-refractivity contribution in [1.29, 1.82) is 0 Å². The molecule has 0 amide bonds. The van der Waals surface area contributed by atoms with Crippen LogP contribution < -0.4 is 5.32 Å². The molecule has 0 aromatic heterocycles. The Morgan fingerprint density at radius 1 is 1.54 bits per heavy atom. The third-order valence-electron chi connectivity index (χ3n) is 2.62. The smallest absolute Gasteiger partial charge is 0.0445 e. The fraction of sp³-hybridized carbons (Fsp3) is 1.00. The van der Waals surface area contributed by atoms with Gasteiger partial charge >= 0.3 is 0 Å². The minimum Gasteiger partial charge on any atom is -0.396 e. The molecule has 1 fully saturated rings. The molecule has 1 aliphatic rings. The van der Waals surface area contributed by atoms with E-state index in [-0.39, 0.29) is 0 Å². The predicted octanol–water partition coefficient (Wildman–Crippen LogP) is 1.49. The minimum absolute atomic E-state index is 0.301. The molecular weight excluding hydrogens is 182 g/mol. The first kappa shape index (κ1) is 11.3. The average Bonchev–Trinajstić information content (AvgIpc) is 2.56.